The number of hydrogen-bond donors (Lipinski definition) is 1. The number of carbonyl (C=O) groups is 1. The van der Waals surface area contributed by atoms with E-state index in [9.17, 15) is 9.90 Å². The van der Waals surface area contributed by atoms with Crippen LogP contribution in [-0.4, -0.2) is 16.5 Å². The number of allylic oxidation sites excluding steroid dienone is 1. The summed E-state index contributed by atoms with van der Waals surface area (Å²) in [6, 6.07) is 0. The Labute approximate surface area is 105 Å². The van der Waals surface area contributed by atoms with Gasteiger partial charge in [0.25, 0.3) is 0 Å². The third-order valence-corrected chi connectivity index (χ3v) is 3.56. The molecule has 17 heavy (non-hydrogen) atoms. The molecule has 0 unspecified atom stereocenters. The lowest BCUT2D eigenvalue weighted by atomic mass is 9.85. The molecule has 0 heterocycles. The number of aliphatic hydroxyl groups is 1. The average Bonchev–Trinajstić information content (AvgIpc) is 2.34. The average molecular weight is 238 g/mol. The first-order valence-electron chi connectivity index (χ1n) is 7.12. The van der Waals surface area contributed by atoms with Crippen LogP contribution < -0.4 is 0 Å². The van der Waals surface area contributed by atoms with Gasteiger partial charge in [-0.25, -0.2) is 0 Å². The third kappa shape index (κ3) is 5.03. The fraction of sp³-hybridized carbons (Fsp3) is 0.800. The van der Waals surface area contributed by atoms with Crippen LogP contribution in [0.25, 0.3) is 0 Å². The topological polar surface area (TPSA) is 37.3 Å². The molecular weight excluding hydrogens is 212 g/mol. The van der Waals surface area contributed by atoms with Crippen molar-refractivity contribution in [3.05, 3.63) is 12.2 Å². The Hall–Kier alpha value is -0.630. The highest BCUT2D eigenvalue weighted by atomic mass is 16.3. The predicted molar refractivity (Wildman–Crippen MR) is 70.9 cm³/mol. The molecule has 1 aliphatic rings. The summed E-state index contributed by atoms with van der Waals surface area (Å²) in [7, 11) is 0. The van der Waals surface area contributed by atoms with E-state index in [2.05, 4.69) is 6.92 Å². The third-order valence-electron chi connectivity index (χ3n) is 3.56. The van der Waals surface area contributed by atoms with Gasteiger partial charge in [0, 0.05) is 6.42 Å². The van der Waals surface area contributed by atoms with Crippen molar-refractivity contribution in [2.75, 3.05) is 0 Å². The highest BCUT2D eigenvalue weighted by Gasteiger charge is 2.32. The molecule has 98 valence electrons. The van der Waals surface area contributed by atoms with Crippen LogP contribution in [0.2, 0.25) is 0 Å². The molecule has 0 aliphatic heterocycles. The summed E-state index contributed by atoms with van der Waals surface area (Å²) in [4.78, 5) is 11.9. The first kappa shape index (κ1) is 14.4. The van der Waals surface area contributed by atoms with Gasteiger partial charge in [0.15, 0.2) is 5.78 Å². The molecule has 0 spiro atoms. The summed E-state index contributed by atoms with van der Waals surface area (Å²) < 4.78 is 0. The Morgan fingerprint density at radius 1 is 1.24 bits per heavy atom. The maximum atomic E-state index is 11.9. The van der Waals surface area contributed by atoms with E-state index in [0.29, 0.717) is 12.8 Å². The van der Waals surface area contributed by atoms with Crippen LogP contribution in [0.5, 0.6) is 0 Å². The largest absolute Gasteiger partial charge is 0.378 e. The van der Waals surface area contributed by atoms with Crippen molar-refractivity contribution in [1.82, 2.24) is 0 Å². The molecule has 0 aromatic heterocycles. The molecule has 1 aliphatic carbocycles. The van der Waals surface area contributed by atoms with Crippen LogP contribution in [0.15, 0.2) is 12.2 Å². The van der Waals surface area contributed by atoms with Crippen LogP contribution >= 0.6 is 0 Å². The summed E-state index contributed by atoms with van der Waals surface area (Å²) in [6.45, 7) is 2.20. The summed E-state index contributed by atoms with van der Waals surface area (Å²) in [5.41, 5.74) is -1.14. The van der Waals surface area contributed by atoms with E-state index in [1.165, 1.54) is 25.7 Å². The van der Waals surface area contributed by atoms with E-state index in [1.807, 2.05) is 6.08 Å². The molecule has 0 aromatic rings. The molecule has 0 saturated heterocycles. The van der Waals surface area contributed by atoms with E-state index in [1.54, 1.807) is 6.08 Å². The molecule has 2 nitrogen and oxygen atoms in total. The normalized spacial score (nSPS) is 23.9. The van der Waals surface area contributed by atoms with Gasteiger partial charge in [0.1, 0.15) is 5.60 Å². The Morgan fingerprint density at radius 3 is 2.59 bits per heavy atom. The van der Waals surface area contributed by atoms with Crippen LogP contribution in [0.3, 0.4) is 0 Å². The second-order valence-electron chi connectivity index (χ2n) is 5.16. The van der Waals surface area contributed by atoms with Crippen molar-refractivity contribution in [2.24, 2.45) is 0 Å². The van der Waals surface area contributed by atoms with Gasteiger partial charge in [-0.15, -0.1) is 0 Å². The van der Waals surface area contributed by atoms with Gasteiger partial charge in [0.05, 0.1) is 0 Å². The van der Waals surface area contributed by atoms with Crippen molar-refractivity contribution >= 4 is 5.78 Å². The predicted octanol–water partition coefficient (Wildman–Crippen LogP) is 3.78. The van der Waals surface area contributed by atoms with Crippen LogP contribution in [0.1, 0.15) is 71.1 Å². The number of Topliss-reactive ketones (excluding diaryl/α,β-unsaturated/α-hetero) is 1. The second kappa shape index (κ2) is 7.65. The molecule has 0 bridgehead atoms. The van der Waals surface area contributed by atoms with Crippen molar-refractivity contribution in [2.45, 2.75) is 76.7 Å². The Morgan fingerprint density at radius 2 is 1.94 bits per heavy atom. The lowest BCUT2D eigenvalue weighted by Crippen LogP contribution is -2.37. The number of carbonyl (C=O) groups excluding carboxylic acids is 1. The van der Waals surface area contributed by atoms with Crippen LogP contribution in [0.4, 0.5) is 0 Å². The number of ketones is 1. The molecule has 0 saturated carbocycles. The molecule has 0 aromatic carbocycles. The van der Waals surface area contributed by atoms with Crippen molar-refractivity contribution in [3.63, 3.8) is 0 Å². The second-order valence-corrected chi connectivity index (χ2v) is 5.16. The molecular formula is C15H26O2. The van der Waals surface area contributed by atoms with Gasteiger partial charge in [-0.2, -0.15) is 0 Å². The van der Waals surface area contributed by atoms with Gasteiger partial charge >= 0.3 is 0 Å². The highest BCUT2D eigenvalue weighted by Crippen LogP contribution is 2.25. The number of unbranched alkanes of at least 4 members (excludes halogenated alkanes) is 5. The van der Waals surface area contributed by atoms with E-state index in [4.69, 9.17) is 0 Å². The van der Waals surface area contributed by atoms with Gasteiger partial charge in [0.2, 0.25) is 0 Å². The fourth-order valence-corrected chi connectivity index (χ4v) is 2.37. The van der Waals surface area contributed by atoms with E-state index >= 15 is 0 Å². The van der Waals surface area contributed by atoms with Crippen molar-refractivity contribution < 1.29 is 9.90 Å². The Kier molecular flexibility index (Phi) is 6.49. The minimum atomic E-state index is -1.14. The molecule has 1 atom stereocenters. The summed E-state index contributed by atoms with van der Waals surface area (Å²) >= 11 is 0. The summed E-state index contributed by atoms with van der Waals surface area (Å²) in [5, 5.41) is 10.1. The van der Waals surface area contributed by atoms with Gasteiger partial charge in [-0.3, -0.25) is 4.79 Å². The van der Waals surface area contributed by atoms with Crippen LogP contribution in [-0.2, 0) is 4.79 Å². The zero-order valence-electron chi connectivity index (χ0n) is 11.1. The van der Waals surface area contributed by atoms with E-state index < -0.39 is 5.60 Å². The molecule has 1 rings (SSSR count). The zero-order chi connectivity index (χ0) is 12.6. The first-order valence-corrected chi connectivity index (χ1v) is 7.12. The monoisotopic (exact) mass is 238 g/mol. The molecule has 0 radical (unpaired) electrons. The smallest absolute Gasteiger partial charge is 0.168 e. The van der Waals surface area contributed by atoms with Gasteiger partial charge < -0.3 is 5.11 Å². The lowest BCUT2D eigenvalue weighted by Gasteiger charge is -2.25. The Balaban J connectivity index is 2.16. The lowest BCUT2D eigenvalue weighted by molar-refractivity contribution is -0.134. The first-order chi connectivity index (χ1) is 8.19. The highest BCUT2D eigenvalue weighted by molar-refractivity contribution is 5.89. The van der Waals surface area contributed by atoms with Crippen molar-refractivity contribution in [1.29, 1.82) is 0 Å². The maximum absolute atomic E-state index is 11.9. The zero-order valence-corrected chi connectivity index (χ0v) is 11.1. The molecule has 0 amide bonds. The standard InChI is InChI=1S/C15H26O2/c1-2-3-4-5-6-8-11-14(16)15(17)12-9-7-10-13-15/h9,12,17H,2-8,10-11,13H2,1H3/t15-/m1/s1. The summed E-state index contributed by atoms with van der Waals surface area (Å²) in [6.07, 6.45) is 13.8. The van der Waals surface area contributed by atoms with Gasteiger partial charge in [-0.05, 0) is 31.8 Å². The molecule has 1 N–H and O–H groups in total. The maximum Gasteiger partial charge on any atom is 0.168 e. The van der Waals surface area contributed by atoms with Crippen molar-refractivity contribution in [3.8, 4) is 0 Å². The quantitative estimate of drug-likeness (QED) is 0.516. The minimum absolute atomic E-state index is 0.0175. The SMILES string of the molecule is CCCCCCCCC(=O)[C@@]1(O)C=CCCC1. The number of hydrogen-bond acceptors (Lipinski definition) is 2. The fourth-order valence-electron chi connectivity index (χ4n) is 2.37. The number of rotatable bonds is 8. The molecule has 0 fully saturated rings. The Bertz CT molecular complexity index is 258. The van der Waals surface area contributed by atoms with Crippen LogP contribution in [0, 0.1) is 0 Å². The molecule has 2 heteroatoms. The van der Waals surface area contributed by atoms with E-state index in [-0.39, 0.29) is 5.78 Å². The summed E-state index contributed by atoms with van der Waals surface area (Å²) in [5.74, 6) is 0.0175. The van der Waals surface area contributed by atoms with Gasteiger partial charge in [-0.1, -0.05) is 45.1 Å². The minimum Gasteiger partial charge on any atom is -0.378 e. The van der Waals surface area contributed by atoms with E-state index in [0.717, 1.165) is 25.7 Å².